The van der Waals surface area contributed by atoms with Crippen molar-refractivity contribution in [3.63, 3.8) is 0 Å². The SMILES string of the molecule is O=C(CF)Oc1c[nH]c2cccnc12.[KH]. The second-order valence-electron chi connectivity index (χ2n) is 2.66. The molecule has 0 spiro atoms. The molecule has 6 heteroatoms. The van der Waals surface area contributed by atoms with E-state index in [1.165, 1.54) is 6.20 Å². The van der Waals surface area contributed by atoms with Gasteiger partial charge in [-0.2, -0.15) is 0 Å². The predicted octanol–water partition coefficient (Wildman–Crippen LogP) is 0.789. The summed E-state index contributed by atoms with van der Waals surface area (Å²) in [6.07, 6.45) is 3.05. The molecule has 0 amide bonds. The van der Waals surface area contributed by atoms with Crippen molar-refractivity contribution in [2.24, 2.45) is 0 Å². The van der Waals surface area contributed by atoms with Gasteiger partial charge >= 0.3 is 57.4 Å². The van der Waals surface area contributed by atoms with Crippen LogP contribution in [0.5, 0.6) is 5.75 Å². The summed E-state index contributed by atoms with van der Waals surface area (Å²) >= 11 is 0. The third-order valence-electron chi connectivity index (χ3n) is 1.73. The van der Waals surface area contributed by atoms with Gasteiger partial charge in [-0.05, 0) is 12.1 Å². The number of hydrogen-bond acceptors (Lipinski definition) is 3. The number of nitrogens with one attached hydrogen (secondary N) is 1. The Balaban J connectivity index is 0.00000112. The number of pyridine rings is 1. The maximum absolute atomic E-state index is 11.9. The maximum atomic E-state index is 11.9. The van der Waals surface area contributed by atoms with Gasteiger partial charge in [0.25, 0.3) is 0 Å². The van der Waals surface area contributed by atoms with Gasteiger partial charge in [0, 0.05) is 12.4 Å². The molecule has 2 aromatic rings. The monoisotopic (exact) mass is 234 g/mol. The van der Waals surface area contributed by atoms with Gasteiger partial charge in [0.05, 0.1) is 5.52 Å². The number of halogens is 1. The van der Waals surface area contributed by atoms with Gasteiger partial charge in [0.15, 0.2) is 12.4 Å². The van der Waals surface area contributed by atoms with Crippen LogP contribution in [0, 0.1) is 0 Å². The molecule has 1 N–H and O–H groups in total. The van der Waals surface area contributed by atoms with Gasteiger partial charge in [0.1, 0.15) is 5.52 Å². The Morgan fingerprint density at radius 3 is 3.13 bits per heavy atom. The van der Waals surface area contributed by atoms with Crippen molar-refractivity contribution < 1.29 is 13.9 Å². The molecule has 0 radical (unpaired) electrons. The van der Waals surface area contributed by atoms with Gasteiger partial charge in [-0.3, -0.25) is 4.98 Å². The van der Waals surface area contributed by atoms with Gasteiger partial charge < -0.3 is 9.72 Å². The van der Waals surface area contributed by atoms with E-state index in [0.717, 1.165) is 5.52 Å². The molecular formula is C9H8FKN2O2. The fourth-order valence-corrected chi connectivity index (χ4v) is 1.16. The van der Waals surface area contributed by atoms with Crippen molar-refractivity contribution in [3.05, 3.63) is 24.5 Å². The zero-order valence-corrected chi connectivity index (χ0v) is 7.16. The fraction of sp³-hybridized carbons (Fsp3) is 0.111. The van der Waals surface area contributed by atoms with E-state index >= 15 is 0 Å². The van der Waals surface area contributed by atoms with E-state index < -0.39 is 12.6 Å². The summed E-state index contributed by atoms with van der Waals surface area (Å²) < 4.78 is 16.6. The number of aromatic amines is 1. The molecule has 0 saturated carbocycles. The van der Waals surface area contributed by atoms with Crippen molar-refractivity contribution in [2.75, 3.05) is 6.67 Å². The van der Waals surface area contributed by atoms with Gasteiger partial charge in [0.2, 0.25) is 0 Å². The van der Waals surface area contributed by atoms with Gasteiger partial charge in [-0.1, -0.05) is 0 Å². The summed E-state index contributed by atoms with van der Waals surface area (Å²) in [6, 6.07) is 3.54. The second kappa shape index (κ2) is 5.71. The summed E-state index contributed by atoms with van der Waals surface area (Å²) in [7, 11) is 0. The average Bonchev–Trinajstić information content (AvgIpc) is 2.62. The first-order valence-corrected chi connectivity index (χ1v) is 4.00. The third-order valence-corrected chi connectivity index (χ3v) is 1.73. The molecule has 0 atom stereocenters. The fourth-order valence-electron chi connectivity index (χ4n) is 1.16. The summed E-state index contributed by atoms with van der Waals surface area (Å²) in [4.78, 5) is 17.5. The molecule has 4 nitrogen and oxygen atoms in total. The number of carbonyl (C=O) groups is 1. The number of carbonyl (C=O) groups excluding carboxylic acids is 1. The number of hydrogen-bond donors (Lipinski definition) is 1. The number of aromatic nitrogens is 2. The molecule has 2 aromatic heterocycles. The zero-order valence-electron chi connectivity index (χ0n) is 7.16. The van der Waals surface area contributed by atoms with Crippen LogP contribution in [0.2, 0.25) is 0 Å². The minimum absolute atomic E-state index is 0. The van der Waals surface area contributed by atoms with E-state index in [4.69, 9.17) is 4.74 Å². The molecule has 0 aliphatic rings. The van der Waals surface area contributed by atoms with Crippen molar-refractivity contribution in [1.29, 1.82) is 0 Å². The predicted molar refractivity (Wildman–Crippen MR) is 54.9 cm³/mol. The molecule has 0 aromatic carbocycles. The molecule has 15 heavy (non-hydrogen) atoms. The molecule has 0 fully saturated rings. The van der Waals surface area contributed by atoms with Crippen LogP contribution < -0.4 is 4.74 Å². The first-order chi connectivity index (χ1) is 6.81. The van der Waals surface area contributed by atoms with Crippen LogP contribution >= 0.6 is 0 Å². The van der Waals surface area contributed by atoms with Crippen LogP contribution in [-0.4, -0.2) is 74.0 Å². The number of rotatable bonds is 2. The molecule has 2 rings (SSSR count). The first kappa shape index (κ1) is 12.8. The third kappa shape index (κ3) is 2.85. The van der Waals surface area contributed by atoms with Crippen LogP contribution in [0.3, 0.4) is 0 Å². The molecule has 74 valence electrons. The van der Waals surface area contributed by atoms with E-state index in [1.807, 2.05) is 0 Å². The molecule has 0 unspecified atom stereocenters. The molecule has 0 aliphatic carbocycles. The van der Waals surface area contributed by atoms with E-state index in [2.05, 4.69) is 9.97 Å². The standard InChI is InChI=1S/C9H7FN2O2.K.H/c10-4-8(13)14-7-5-12-6-2-1-3-11-9(6)7;;/h1-3,5,12H,4H2;;. The van der Waals surface area contributed by atoms with Gasteiger partial charge in [-0.25, -0.2) is 9.18 Å². The van der Waals surface area contributed by atoms with Crippen molar-refractivity contribution in [1.82, 2.24) is 9.97 Å². The summed E-state index contributed by atoms with van der Waals surface area (Å²) in [5.41, 5.74) is 1.27. The Morgan fingerprint density at radius 1 is 1.60 bits per heavy atom. The second-order valence-corrected chi connectivity index (χ2v) is 2.66. The Bertz CT molecular complexity index is 472. The van der Waals surface area contributed by atoms with Crippen LogP contribution in [0.1, 0.15) is 0 Å². The molecule has 0 bridgehead atoms. The van der Waals surface area contributed by atoms with Crippen LogP contribution in [0.4, 0.5) is 4.39 Å². The Morgan fingerprint density at radius 2 is 2.40 bits per heavy atom. The summed E-state index contributed by atoms with van der Waals surface area (Å²) in [5, 5.41) is 0. The Labute approximate surface area is 128 Å². The molecule has 0 saturated heterocycles. The number of ether oxygens (including phenoxy) is 1. The van der Waals surface area contributed by atoms with Crippen molar-refractivity contribution in [3.8, 4) is 5.75 Å². The quantitative estimate of drug-likeness (QED) is 0.617. The van der Waals surface area contributed by atoms with Crippen LogP contribution in [0.15, 0.2) is 24.5 Å². The van der Waals surface area contributed by atoms with Crippen molar-refractivity contribution >= 4 is 68.4 Å². The topological polar surface area (TPSA) is 55.0 Å². The Hall–Kier alpha value is -0.274. The number of fused-ring (bicyclic) bond motifs is 1. The van der Waals surface area contributed by atoms with Crippen LogP contribution in [0.25, 0.3) is 11.0 Å². The average molecular weight is 234 g/mol. The van der Waals surface area contributed by atoms with Crippen molar-refractivity contribution in [2.45, 2.75) is 0 Å². The van der Waals surface area contributed by atoms with E-state index in [1.54, 1.807) is 18.3 Å². The first-order valence-electron chi connectivity index (χ1n) is 4.00. The van der Waals surface area contributed by atoms with Gasteiger partial charge in [-0.15, -0.1) is 0 Å². The minimum atomic E-state index is -1.14. The number of nitrogens with zero attached hydrogens (tertiary/aromatic N) is 1. The van der Waals surface area contributed by atoms with E-state index in [9.17, 15) is 9.18 Å². The normalized spacial score (nSPS) is 9.67. The van der Waals surface area contributed by atoms with E-state index in [-0.39, 0.29) is 57.1 Å². The van der Waals surface area contributed by atoms with Crippen LogP contribution in [-0.2, 0) is 4.79 Å². The van der Waals surface area contributed by atoms with E-state index in [0.29, 0.717) is 5.52 Å². The zero-order chi connectivity index (χ0) is 9.97. The summed E-state index contributed by atoms with van der Waals surface area (Å²) in [5.74, 6) is -0.667. The molecule has 0 aliphatic heterocycles. The molecular weight excluding hydrogens is 226 g/mol. The molecule has 2 heterocycles. The number of H-pyrrole nitrogens is 1. The Kier molecular flexibility index (Phi) is 4.87. The number of alkyl halides is 1. The number of esters is 1. The summed E-state index contributed by atoms with van der Waals surface area (Å²) in [6.45, 7) is -1.14.